The summed E-state index contributed by atoms with van der Waals surface area (Å²) >= 11 is 0. The van der Waals surface area contributed by atoms with Crippen molar-refractivity contribution in [1.29, 1.82) is 0 Å². The van der Waals surface area contributed by atoms with Gasteiger partial charge in [0.2, 0.25) is 0 Å². The first-order valence-corrected chi connectivity index (χ1v) is 6.92. The lowest BCUT2D eigenvalue weighted by molar-refractivity contribution is 0.0925. The van der Waals surface area contributed by atoms with Crippen LogP contribution in [-0.2, 0) is 4.74 Å². The fourth-order valence-electron chi connectivity index (χ4n) is 1.76. The van der Waals surface area contributed by atoms with Crippen LogP contribution in [-0.4, -0.2) is 44.7 Å². The second-order valence-corrected chi connectivity index (χ2v) is 4.81. The lowest BCUT2D eigenvalue weighted by Gasteiger charge is -2.13. The summed E-state index contributed by atoms with van der Waals surface area (Å²) in [4.78, 5) is 15.9. The van der Waals surface area contributed by atoms with Gasteiger partial charge in [-0.05, 0) is 26.3 Å². The SMILES string of the molecule is COCC(C)NC(N)=NCCCNC(=O)c1occc1C.I. The van der Waals surface area contributed by atoms with Crippen molar-refractivity contribution in [3.8, 4) is 0 Å². The van der Waals surface area contributed by atoms with Crippen LogP contribution < -0.4 is 16.4 Å². The Kier molecular flexibility index (Phi) is 10.6. The van der Waals surface area contributed by atoms with Crippen LogP contribution in [0.5, 0.6) is 0 Å². The topological polar surface area (TPSA) is 102 Å². The molecular weight excluding hydrogens is 399 g/mol. The summed E-state index contributed by atoms with van der Waals surface area (Å²) in [5.41, 5.74) is 6.55. The highest BCUT2D eigenvalue weighted by atomic mass is 127. The number of carbonyl (C=O) groups excluding carboxylic acids is 1. The lowest BCUT2D eigenvalue weighted by atomic mass is 10.2. The van der Waals surface area contributed by atoms with Gasteiger partial charge in [0.05, 0.1) is 12.9 Å². The number of hydrogen-bond acceptors (Lipinski definition) is 4. The molecule has 0 bridgehead atoms. The van der Waals surface area contributed by atoms with Crippen molar-refractivity contribution >= 4 is 35.8 Å². The number of ether oxygens (including phenoxy) is 1. The molecule has 0 aliphatic heterocycles. The molecule has 0 fully saturated rings. The Morgan fingerprint density at radius 2 is 2.27 bits per heavy atom. The zero-order valence-corrected chi connectivity index (χ0v) is 15.5. The number of aliphatic imine (C=N–C) groups is 1. The van der Waals surface area contributed by atoms with Gasteiger partial charge in [0.25, 0.3) is 5.91 Å². The maximum atomic E-state index is 11.7. The van der Waals surface area contributed by atoms with E-state index in [2.05, 4.69) is 15.6 Å². The van der Waals surface area contributed by atoms with E-state index in [9.17, 15) is 4.79 Å². The number of amides is 1. The maximum absolute atomic E-state index is 11.7. The molecule has 0 aliphatic carbocycles. The molecule has 7 nitrogen and oxygen atoms in total. The number of methoxy groups -OCH3 is 1. The molecule has 0 radical (unpaired) electrons. The Morgan fingerprint density at radius 3 is 2.86 bits per heavy atom. The Balaban J connectivity index is 0.00000441. The van der Waals surface area contributed by atoms with E-state index in [1.807, 2.05) is 13.8 Å². The number of halogens is 1. The van der Waals surface area contributed by atoms with Gasteiger partial charge in [0.1, 0.15) is 0 Å². The minimum Gasteiger partial charge on any atom is -0.459 e. The fourth-order valence-corrected chi connectivity index (χ4v) is 1.76. The summed E-state index contributed by atoms with van der Waals surface area (Å²) in [6.07, 6.45) is 2.20. The molecule has 1 atom stereocenters. The first-order valence-electron chi connectivity index (χ1n) is 6.92. The van der Waals surface area contributed by atoms with E-state index in [1.165, 1.54) is 6.26 Å². The molecule has 126 valence electrons. The number of guanidine groups is 1. The molecule has 0 saturated carbocycles. The number of nitrogens with two attached hydrogens (primary N) is 1. The van der Waals surface area contributed by atoms with Crippen LogP contribution in [0.3, 0.4) is 0 Å². The first kappa shape index (κ1) is 20.7. The normalized spacial score (nSPS) is 12.4. The summed E-state index contributed by atoms with van der Waals surface area (Å²) in [5, 5.41) is 5.79. The van der Waals surface area contributed by atoms with E-state index in [1.54, 1.807) is 13.2 Å². The standard InChI is InChI=1S/C14H24N4O3.HI/c1-10-5-8-21-12(10)13(19)16-6-4-7-17-14(15)18-11(2)9-20-3;/h5,8,11H,4,6-7,9H2,1-3H3,(H,16,19)(H3,15,17,18);1H. The van der Waals surface area contributed by atoms with Gasteiger partial charge in [0.15, 0.2) is 11.7 Å². The molecule has 1 aromatic rings. The molecule has 1 amide bonds. The van der Waals surface area contributed by atoms with Crippen molar-refractivity contribution in [3.63, 3.8) is 0 Å². The molecule has 0 aromatic carbocycles. The third kappa shape index (κ3) is 7.64. The van der Waals surface area contributed by atoms with Gasteiger partial charge in [0, 0.05) is 31.8 Å². The summed E-state index contributed by atoms with van der Waals surface area (Å²) < 4.78 is 10.1. The Morgan fingerprint density at radius 1 is 1.55 bits per heavy atom. The van der Waals surface area contributed by atoms with Crippen molar-refractivity contribution in [2.45, 2.75) is 26.3 Å². The van der Waals surface area contributed by atoms with Gasteiger partial charge < -0.3 is 25.5 Å². The summed E-state index contributed by atoms with van der Waals surface area (Å²) in [6, 6.07) is 1.87. The number of rotatable bonds is 8. The molecule has 0 spiro atoms. The van der Waals surface area contributed by atoms with E-state index in [0.717, 1.165) is 5.56 Å². The monoisotopic (exact) mass is 424 g/mol. The molecule has 4 N–H and O–H groups in total. The first-order chi connectivity index (χ1) is 10.0. The lowest BCUT2D eigenvalue weighted by Crippen LogP contribution is -2.40. The zero-order chi connectivity index (χ0) is 15.7. The number of nitrogens with zero attached hydrogens (tertiary/aromatic N) is 1. The molecule has 8 heteroatoms. The quantitative estimate of drug-likeness (QED) is 0.253. The fraction of sp³-hybridized carbons (Fsp3) is 0.571. The van der Waals surface area contributed by atoms with Crippen LogP contribution in [0, 0.1) is 6.92 Å². The van der Waals surface area contributed by atoms with Crippen LogP contribution in [0.25, 0.3) is 0 Å². The van der Waals surface area contributed by atoms with Crippen LogP contribution in [0.4, 0.5) is 0 Å². The average Bonchev–Trinajstić information content (AvgIpc) is 2.84. The average molecular weight is 424 g/mol. The third-order valence-corrected chi connectivity index (χ3v) is 2.78. The summed E-state index contributed by atoms with van der Waals surface area (Å²) in [7, 11) is 1.63. The molecule has 22 heavy (non-hydrogen) atoms. The highest BCUT2D eigenvalue weighted by Crippen LogP contribution is 2.07. The smallest absolute Gasteiger partial charge is 0.287 e. The second kappa shape index (κ2) is 11.3. The number of carbonyl (C=O) groups is 1. The van der Waals surface area contributed by atoms with E-state index in [-0.39, 0.29) is 35.9 Å². The molecule has 1 heterocycles. The molecule has 1 rings (SSSR count). The van der Waals surface area contributed by atoms with Gasteiger partial charge in [-0.1, -0.05) is 0 Å². The van der Waals surface area contributed by atoms with E-state index in [4.69, 9.17) is 14.9 Å². The molecular formula is C14H25IN4O3. The summed E-state index contributed by atoms with van der Waals surface area (Å²) in [5.74, 6) is 0.530. The van der Waals surface area contributed by atoms with Crippen molar-refractivity contribution in [2.24, 2.45) is 10.7 Å². The van der Waals surface area contributed by atoms with Gasteiger partial charge in [-0.25, -0.2) is 0 Å². The van der Waals surface area contributed by atoms with Crippen LogP contribution in [0.15, 0.2) is 21.7 Å². The largest absolute Gasteiger partial charge is 0.459 e. The number of nitrogens with one attached hydrogen (secondary N) is 2. The molecule has 0 aliphatic rings. The van der Waals surface area contributed by atoms with E-state index >= 15 is 0 Å². The maximum Gasteiger partial charge on any atom is 0.287 e. The predicted molar refractivity (Wildman–Crippen MR) is 96.8 cm³/mol. The summed E-state index contributed by atoms with van der Waals surface area (Å²) in [6.45, 7) is 5.40. The van der Waals surface area contributed by atoms with Crippen molar-refractivity contribution < 1.29 is 13.9 Å². The molecule has 1 unspecified atom stereocenters. The van der Waals surface area contributed by atoms with Gasteiger partial charge in [-0.2, -0.15) is 0 Å². The third-order valence-electron chi connectivity index (χ3n) is 2.78. The van der Waals surface area contributed by atoms with Crippen molar-refractivity contribution in [2.75, 3.05) is 26.8 Å². The number of hydrogen-bond donors (Lipinski definition) is 3. The van der Waals surface area contributed by atoms with E-state index < -0.39 is 0 Å². The highest BCUT2D eigenvalue weighted by Gasteiger charge is 2.11. The zero-order valence-electron chi connectivity index (χ0n) is 13.2. The van der Waals surface area contributed by atoms with Gasteiger partial charge >= 0.3 is 0 Å². The van der Waals surface area contributed by atoms with Crippen molar-refractivity contribution in [1.82, 2.24) is 10.6 Å². The van der Waals surface area contributed by atoms with Crippen LogP contribution >= 0.6 is 24.0 Å². The van der Waals surface area contributed by atoms with E-state index in [0.29, 0.717) is 37.8 Å². The Hall–Kier alpha value is -1.29. The second-order valence-electron chi connectivity index (χ2n) is 4.81. The van der Waals surface area contributed by atoms with Gasteiger partial charge in [-0.3, -0.25) is 9.79 Å². The molecule has 1 aromatic heterocycles. The van der Waals surface area contributed by atoms with Crippen molar-refractivity contribution in [3.05, 3.63) is 23.7 Å². The predicted octanol–water partition coefficient (Wildman–Crippen LogP) is 1.27. The highest BCUT2D eigenvalue weighted by molar-refractivity contribution is 14.0. The van der Waals surface area contributed by atoms with Crippen LogP contribution in [0.1, 0.15) is 29.5 Å². The Labute approximate surface area is 148 Å². The van der Waals surface area contributed by atoms with Crippen LogP contribution in [0.2, 0.25) is 0 Å². The molecule has 0 saturated heterocycles. The number of aryl methyl sites for hydroxylation is 1. The minimum atomic E-state index is -0.207. The minimum absolute atomic E-state index is 0. The van der Waals surface area contributed by atoms with Gasteiger partial charge in [-0.15, -0.1) is 24.0 Å². The number of furan rings is 1. The Bertz CT molecular complexity index is 476.